The molecular weight excluding hydrogens is 815 g/mol. The van der Waals surface area contributed by atoms with Crippen LogP contribution in [0.5, 0.6) is 0 Å². The van der Waals surface area contributed by atoms with Gasteiger partial charge in [-0.15, -0.1) is 0 Å². The summed E-state index contributed by atoms with van der Waals surface area (Å²) in [5.74, 6) is -0.0734. The van der Waals surface area contributed by atoms with Crippen molar-refractivity contribution in [2.24, 2.45) is 0 Å². The summed E-state index contributed by atoms with van der Waals surface area (Å²) in [7, 11) is 0. The molecule has 0 aromatic rings. The number of carbonyl (C=O) groups excluding carboxylic acids is 2. The third kappa shape index (κ3) is 51.5. The highest BCUT2D eigenvalue weighted by atomic mass is 16.5. The van der Waals surface area contributed by atoms with Crippen LogP contribution in [0.3, 0.4) is 0 Å². The lowest BCUT2D eigenvalue weighted by Gasteiger charge is -2.22. The number of allylic oxidation sites excluding steroid dienone is 6. The van der Waals surface area contributed by atoms with E-state index in [4.69, 9.17) is 4.74 Å². The van der Waals surface area contributed by atoms with Crippen molar-refractivity contribution in [1.29, 1.82) is 0 Å². The lowest BCUT2D eigenvalue weighted by atomic mass is 10.0. The second-order valence-corrected chi connectivity index (χ2v) is 20.0. The Hall–Kier alpha value is -1.92. The van der Waals surface area contributed by atoms with Gasteiger partial charge < -0.3 is 20.3 Å². The molecule has 0 heterocycles. The molecule has 0 aromatic heterocycles. The number of aliphatic hydroxyl groups excluding tert-OH is 2. The number of ether oxygens (including phenoxy) is 1. The van der Waals surface area contributed by atoms with E-state index in [1.807, 2.05) is 0 Å². The molecule has 0 radical (unpaired) electrons. The molecule has 0 saturated carbocycles. The molecule has 0 bridgehead atoms. The molecule has 0 saturated heterocycles. The first-order valence-corrected chi connectivity index (χ1v) is 29.2. The number of amides is 1. The van der Waals surface area contributed by atoms with Gasteiger partial charge in [-0.25, -0.2) is 0 Å². The number of esters is 1. The lowest BCUT2D eigenvalue weighted by molar-refractivity contribution is -0.143. The smallest absolute Gasteiger partial charge is 0.305 e. The average Bonchev–Trinajstić information content (AvgIpc) is 3.32. The number of carbonyl (C=O) groups is 2. The largest absolute Gasteiger partial charge is 0.466 e. The minimum atomic E-state index is -0.676. The molecule has 0 aliphatic heterocycles. The van der Waals surface area contributed by atoms with E-state index < -0.39 is 12.1 Å². The van der Waals surface area contributed by atoms with Crippen LogP contribution in [0.4, 0.5) is 0 Å². The molecule has 0 spiro atoms. The molecule has 6 nitrogen and oxygen atoms in total. The quantitative estimate of drug-likeness (QED) is 0.0321. The van der Waals surface area contributed by atoms with E-state index in [1.54, 1.807) is 0 Å². The monoisotopic (exact) mass is 928 g/mol. The maximum absolute atomic E-state index is 12.5. The third-order valence-electron chi connectivity index (χ3n) is 13.4. The summed E-state index contributed by atoms with van der Waals surface area (Å²) in [5, 5.41) is 23.3. The van der Waals surface area contributed by atoms with Crippen molar-refractivity contribution in [3.05, 3.63) is 36.5 Å². The van der Waals surface area contributed by atoms with Crippen LogP contribution in [0, 0.1) is 0 Å². The van der Waals surface area contributed by atoms with Crippen LogP contribution >= 0.6 is 0 Å². The van der Waals surface area contributed by atoms with Crippen LogP contribution in [0.25, 0.3) is 0 Å². The minimum Gasteiger partial charge on any atom is -0.466 e. The van der Waals surface area contributed by atoms with E-state index in [2.05, 4.69) is 55.6 Å². The highest BCUT2D eigenvalue weighted by Crippen LogP contribution is 2.17. The fourth-order valence-electron chi connectivity index (χ4n) is 8.89. The molecule has 1 amide bonds. The number of nitrogens with one attached hydrogen (secondary N) is 1. The molecule has 6 heteroatoms. The van der Waals surface area contributed by atoms with E-state index in [-0.39, 0.29) is 18.5 Å². The lowest BCUT2D eigenvalue weighted by Crippen LogP contribution is -2.45. The van der Waals surface area contributed by atoms with E-state index in [9.17, 15) is 19.8 Å². The molecule has 2 atom stereocenters. The fraction of sp³-hybridized carbons (Fsp3) is 0.867. The Balaban J connectivity index is 3.48. The summed E-state index contributed by atoms with van der Waals surface area (Å²) >= 11 is 0. The van der Waals surface area contributed by atoms with Gasteiger partial charge in [-0.05, 0) is 77.0 Å². The Labute approximate surface area is 411 Å². The van der Waals surface area contributed by atoms with Crippen molar-refractivity contribution in [3.63, 3.8) is 0 Å². The number of aliphatic hydroxyl groups is 2. The van der Waals surface area contributed by atoms with Gasteiger partial charge in [-0.2, -0.15) is 0 Å². The zero-order valence-electron chi connectivity index (χ0n) is 44.2. The van der Waals surface area contributed by atoms with Gasteiger partial charge in [-0.3, -0.25) is 9.59 Å². The predicted octanol–water partition coefficient (Wildman–Crippen LogP) is 18.0. The van der Waals surface area contributed by atoms with Crippen LogP contribution in [0.2, 0.25) is 0 Å². The standard InChI is InChI=1S/C60H113NO5/c1-3-5-7-9-11-13-15-17-19-20-21-22-23-25-28-32-36-40-44-48-52-58(63)57(56-62)61-59(64)53-49-45-41-37-33-29-26-24-27-31-35-39-43-47-51-55-66-60(65)54-50-46-42-38-34-30-18-16-14-12-10-8-6-4-2/h10,12,16,18,27,31,57-58,62-63H,3-9,11,13-15,17,19-26,28-30,32-56H2,1-2H3,(H,61,64)/b12-10-,18-16-,31-27-. The number of rotatable bonds is 54. The second-order valence-electron chi connectivity index (χ2n) is 20.0. The first-order chi connectivity index (χ1) is 32.5. The summed E-state index contributed by atoms with van der Waals surface area (Å²) < 4.78 is 5.45. The topological polar surface area (TPSA) is 95.9 Å². The molecule has 0 rings (SSSR count). The van der Waals surface area contributed by atoms with Gasteiger partial charge in [0, 0.05) is 12.8 Å². The van der Waals surface area contributed by atoms with Gasteiger partial charge in [0.25, 0.3) is 0 Å². The maximum Gasteiger partial charge on any atom is 0.305 e. The Morgan fingerprint density at radius 3 is 1.21 bits per heavy atom. The van der Waals surface area contributed by atoms with Crippen molar-refractivity contribution >= 4 is 11.9 Å². The van der Waals surface area contributed by atoms with Crippen molar-refractivity contribution in [2.45, 2.75) is 321 Å². The van der Waals surface area contributed by atoms with E-state index in [1.165, 1.54) is 193 Å². The van der Waals surface area contributed by atoms with Gasteiger partial charge in [0.1, 0.15) is 0 Å². The highest BCUT2D eigenvalue weighted by Gasteiger charge is 2.20. The van der Waals surface area contributed by atoms with Crippen LogP contribution in [0.1, 0.15) is 309 Å². The Bertz CT molecular complexity index is 1070. The summed E-state index contributed by atoms with van der Waals surface area (Å²) in [4.78, 5) is 24.5. The Morgan fingerprint density at radius 2 is 0.773 bits per heavy atom. The molecular formula is C60H113NO5. The average molecular weight is 929 g/mol. The third-order valence-corrected chi connectivity index (χ3v) is 13.4. The second kappa shape index (κ2) is 55.7. The van der Waals surface area contributed by atoms with Crippen LogP contribution in [-0.4, -0.2) is 47.4 Å². The SMILES string of the molecule is CCCC/C=C\C/C=C\CCCCCCCC(=O)OCCCCCC/C=C\CCCCCCCCCC(=O)NC(CO)C(O)CCCCCCCCCCCCCCCCCCCCCC. The van der Waals surface area contributed by atoms with E-state index in [0.717, 1.165) is 83.5 Å². The molecule has 0 aliphatic carbocycles. The Morgan fingerprint density at radius 1 is 0.424 bits per heavy atom. The van der Waals surface area contributed by atoms with E-state index in [0.29, 0.717) is 25.9 Å². The van der Waals surface area contributed by atoms with E-state index >= 15 is 0 Å². The zero-order valence-corrected chi connectivity index (χ0v) is 44.2. The predicted molar refractivity (Wildman–Crippen MR) is 287 cm³/mol. The summed E-state index contributed by atoms with van der Waals surface area (Å²) in [6.45, 7) is 4.88. The van der Waals surface area contributed by atoms with Gasteiger partial charge in [0.2, 0.25) is 5.91 Å². The normalized spacial score (nSPS) is 12.8. The summed E-state index contributed by atoms with van der Waals surface area (Å²) in [5.41, 5.74) is 0. The first kappa shape index (κ1) is 64.1. The maximum atomic E-state index is 12.5. The van der Waals surface area contributed by atoms with Crippen LogP contribution in [0.15, 0.2) is 36.5 Å². The summed E-state index contributed by atoms with van der Waals surface area (Å²) in [6.07, 6.45) is 68.4. The molecule has 0 aliphatic rings. The van der Waals surface area contributed by atoms with Gasteiger partial charge in [0.05, 0.1) is 25.4 Å². The highest BCUT2D eigenvalue weighted by molar-refractivity contribution is 5.76. The minimum absolute atomic E-state index is 0.0245. The first-order valence-electron chi connectivity index (χ1n) is 29.2. The molecule has 66 heavy (non-hydrogen) atoms. The van der Waals surface area contributed by atoms with Gasteiger partial charge in [0.15, 0.2) is 0 Å². The van der Waals surface area contributed by atoms with Crippen molar-refractivity contribution in [1.82, 2.24) is 5.32 Å². The van der Waals surface area contributed by atoms with Crippen molar-refractivity contribution < 1.29 is 24.5 Å². The number of hydrogen-bond donors (Lipinski definition) is 3. The molecule has 0 aromatic carbocycles. The number of hydrogen-bond acceptors (Lipinski definition) is 5. The molecule has 0 fully saturated rings. The van der Waals surface area contributed by atoms with Gasteiger partial charge in [-0.1, -0.05) is 256 Å². The Kier molecular flexibility index (Phi) is 54.1. The van der Waals surface area contributed by atoms with Crippen LogP contribution < -0.4 is 5.32 Å². The molecule has 388 valence electrons. The molecule has 2 unspecified atom stereocenters. The number of unbranched alkanes of at least 4 members (excludes halogenated alkanes) is 37. The van der Waals surface area contributed by atoms with Crippen molar-refractivity contribution in [2.75, 3.05) is 13.2 Å². The fourth-order valence-corrected chi connectivity index (χ4v) is 8.89. The van der Waals surface area contributed by atoms with Crippen molar-refractivity contribution in [3.8, 4) is 0 Å². The zero-order chi connectivity index (χ0) is 47.9. The van der Waals surface area contributed by atoms with Gasteiger partial charge >= 0.3 is 5.97 Å². The molecule has 3 N–H and O–H groups in total. The van der Waals surface area contributed by atoms with Crippen LogP contribution in [-0.2, 0) is 14.3 Å². The summed E-state index contributed by atoms with van der Waals surface area (Å²) in [6, 6.07) is -0.555.